The maximum Gasteiger partial charge on any atom is 0.255 e. The van der Waals surface area contributed by atoms with Crippen LogP contribution >= 0.6 is 0 Å². The van der Waals surface area contributed by atoms with E-state index in [9.17, 15) is 9.59 Å². The lowest BCUT2D eigenvalue weighted by molar-refractivity contribution is -0.132. The van der Waals surface area contributed by atoms with E-state index in [0.717, 1.165) is 37.1 Å². The third kappa shape index (κ3) is 2.71. The zero-order valence-electron chi connectivity index (χ0n) is 15.0. The Kier molecular flexibility index (Phi) is 3.74. The third-order valence-electron chi connectivity index (χ3n) is 6.49. The molecule has 4 atom stereocenters. The molecule has 1 aromatic carbocycles. The molecule has 2 amide bonds. The number of furan rings is 1. The summed E-state index contributed by atoms with van der Waals surface area (Å²) in [6.45, 7) is 0.424. The molecule has 3 N–H and O–H groups in total. The number of rotatable bonds is 3. The molecule has 0 radical (unpaired) electrons. The number of hydrogen-bond acceptors (Lipinski definition) is 4. The second kappa shape index (κ2) is 6.15. The molecule has 3 saturated carbocycles. The molecule has 1 spiro atoms. The van der Waals surface area contributed by atoms with E-state index in [-0.39, 0.29) is 29.6 Å². The van der Waals surface area contributed by atoms with Crippen molar-refractivity contribution in [3.63, 3.8) is 0 Å². The van der Waals surface area contributed by atoms with Gasteiger partial charge in [-0.3, -0.25) is 9.59 Å². The topological polar surface area (TPSA) is 83.4 Å². The highest BCUT2D eigenvalue weighted by molar-refractivity contribution is 6.02. The summed E-state index contributed by atoms with van der Waals surface area (Å²) in [6, 6.07) is 11.3. The lowest BCUT2D eigenvalue weighted by atomic mass is 9.58. The standard InChI is InChI=1S/C21H23N3O3/c25-19(22-12-15-4-3-9-27-15)17-10-14-8-7-13(17)11-21(14)23-18-6-2-1-5-16(18)20(26)24-21/h1-6,9,13-14,17,23H,7-8,10-12H2,(H,22,25)(H,24,26)/t13-,14-,17-,21+/m0/s1. The normalized spacial score (nSPS) is 31.1. The highest BCUT2D eigenvalue weighted by Gasteiger charge is 2.55. The SMILES string of the molecule is O=C1N[C@@]2(C[C@@H]3CC[C@H]2C[C@@H]3C(=O)NCc2ccco2)Nc2ccccc21. The molecule has 1 aromatic heterocycles. The molecule has 140 valence electrons. The minimum atomic E-state index is -0.424. The molecule has 6 heteroatoms. The molecule has 2 heterocycles. The molecule has 2 aromatic rings. The minimum absolute atomic E-state index is 0.000194. The number of hydrogen-bond donors (Lipinski definition) is 3. The van der Waals surface area contributed by atoms with Crippen molar-refractivity contribution in [3.05, 3.63) is 54.0 Å². The highest BCUT2D eigenvalue weighted by atomic mass is 16.3. The van der Waals surface area contributed by atoms with Crippen LogP contribution in [0.5, 0.6) is 0 Å². The van der Waals surface area contributed by atoms with Gasteiger partial charge in [0.15, 0.2) is 0 Å². The molecule has 2 bridgehead atoms. The lowest BCUT2D eigenvalue weighted by Gasteiger charge is -2.56. The number of nitrogens with one attached hydrogen (secondary N) is 3. The number of carbonyl (C=O) groups is 2. The van der Waals surface area contributed by atoms with Crippen molar-refractivity contribution in [3.8, 4) is 0 Å². The Bertz CT molecular complexity index is 879. The van der Waals surface area contributed by atoms with Crippen LogP contribution in [0.15, 0.2) is 47.1 Å². The number of carbonyl (C=O) groups excluding carboxylic acids is 2. The van der Waals surface area contributed by atoms with Crippen molar-refractivity contribution in [1.29, 1.82) is 0 Å². The van der Waals surface area contributed by atoms with Gasteiger partial charge in [0.25, 0.3) is 5.91 Å². The van der Waals surface area contributed by atoms with Crippen molar-refractivity contribution in [2.24, 2.45) is 17.8 Å². The van der Waals surface area contributed by atoms with Crippen LogP contribution in [0.25, 0.3) is 0 Å². The predicted molar refractivity (Wildman–Crippen MR) is 99.8 cm³/mol. The van der Waals surface area contributed by atoms with Gasteiger partial charge in [-0.15, -0.1) is 0 Å². The van der Waals surface area contributed by atoms with Gasteiger partial charge in [-0.25, -0.2) is 0 Å². The summed E-state index contributed by atoms with van der Waals surface area (Å²) in [5.74, 6) is 1.36. The quantitative estimate of drug-likeness (QED) is 0.781. The third-order valence-corrected chi connectivity index (χ3v) is 6.49. The summed E-state index contributed by atoms with van der Waals surface area (Å²) in [5, 5.41) is 9.86. The van der Waals surface area contributed by atoms with E-state index in [2.05, 4.69) is 16.0 Å². The van der Waals surface area contributed by atoms with Gasteiger partial charge in [0.05, 0.1) is 18.4 Å². The average Bonchev–Trinajstić information content (AvgIpc) is 3.20. The second-order valence-electron chi connectivity index (χ2n) is 7.97. The smallest absolute Gasteiger partial charge is 0.255 e. The minimum Gasteiger partial charge on any atom is -0.467 e. The zero-order chi connectivity index (χ0) is 18.4. The fourth-order valence-corrected chi connectivity index (χ4v) is 5.18. The maximum atomic E-state index is 12.8. The summed E-state index contributed by atoms with van der Waals surface area (Å²) in [4.78, 5) is 25.4. The van der Waals surface area contributed by atoms with Gasteiger partial charge in [0.1, 0.15) is 11.4 Å². The Morgan fingerprint density at radius 1 is 1.19 bits per heavy atom. The summed E-state index contributed by atoms with van der Waals surface area (Å²) in [5.41, 5.74) is 1.16. The van der Waals surface area contributed by atoms with E-state index in [1.807, 2.05) is 36.4 Å². The van der Waals surface area contributed by atoms with Gasteiger partial charge in [-0.2, -0.15) is 0 Å². The molecule has 3 fully saturated rings. The van der Waals surface area contributed by atoms with Crippen molar-refractivity contribution in [2.45, 2.75) is 37.9 Å². The first-order valence-corrected chi connectivity index (χ1v) is 9.64. The van der Waals surface area contributed by atoms with Crippen LogP contribution in [-0.2, 0) is 11.3 Å². The Labute approximate surface area is 157 Å². The lowest BCUT2D eigenvalue weighted by Crippen LogP contribution is -2.68. The van der Waals surface area contributed by atoms with E-state index in [0.29, 0.717) is 12.1 Å². The fraction of sp³-hybridized carbons (Fsp3) is 0.429. The number of para-hydroxylation sites is 1. The zero-order valence-corrected chi connectivity index (χ0v) is 15.0. The molecule has 1 aliphatic heterocycles. The van der Waals surface area contributed by atoms with Crippen LogP contribution in [-0.4, -0.2) is 17.5 Å². The van der Waals surface area contributed by atoms with Crippen LogP contribution in [0.1, 0.15) is 41.8 Å². The van der Waals surface area contributed by atoms with Crippen LogP contribution in [0.2, 0.25) is 0 Å². The monoisotopic (exact) mass is 365 g/mol. The van der Waals surface area contributed by atoms with Crippen LogP contribution in [0.3, 0.4) is 0 Å². The van der Waals surface area contributed by atoms with Crippen molar-refractivity contribution >= 4 is 17.5 Å². The van der Waals surface area contributed by atoms with Gasteiger partial charge in [-0.05, 0) is 55.9 Å². The molecule has 4 aliphatic rings. The van der Waals surface area contributed by atoms with Crippen LogP contribution in [0, 0.1) is 17.8 Å². The summed E-state index contributed by atoms with van der Waals surface area (Å²) >= 11 is 0. The number of amides is 2. The molecule has 6 nitrogen and oxygen atoms in total. The van der Waals surface area contributed by atoms with E-state index in [1.54, 1.807) is 6.26 Å². The average molecular weight is 365 g/mol. The van der Waals surface area contributed by atoms with Crippen molar-refractivity contribution in [2.75, 3.05) is 5.32 Å². The Hall–Kier alpha value is -2.76. The largest absolute Gasteiger partial charge is 0.467 e. The predicted octanol–water partition coefficient (Wildman–Crippen LogP) is 2.88. The second-order valence-corrected chi connectivity index (χ2v) is 7.97. The van der Waals surface area contributed by atoms with Gasteiger partial charge < -0.3 is 20.4 Å². The molecule has 6 rings (SSSR count). The van der Waals surface area contributed by atoms with E-state index in [4.69, 9.17) is 4.42 Å². The van der Waals surface area contributed by atoms with Gasteiger partial charge in [0.2, 0.25) is 5.91 Å². The van der Waals surface area contributed by atoms with Gasteiger partial charge in [-0.1, -0.05) is 12.1 Å². The first-order chi connectivity index (χ1) is 13.1. The van der Waals surface area contributed by atoms with Crippen LogP contribution < -0.4 is 16.0 Å². The molecular formula is C21H23N3O3. The van der Waals surface area contributed by atoms with E-state index in [1.165, 1.54) is 0 Å². The molecule has 0 unspecified atom stereocenters. The number of benzene rings is 1. The highest BCUT2D eigenvalue weighted by Crippen LogP contribution is 2.51. The Morgan fingerprint density at radius 2 is 2.07 bits per heavy atom. The first kappa shape index (κ1) is 16.4. The van der Waals surface area contributed by atoms with Crippen molar-refractivity contribution < 1.29 is 14.0 Å². The molecule has 27 heavy (non-hydrogen) atoms. The first-order valence-electron chi connectivity index (χ1n) is 9.64. The van der Waals surface area contributed by atoms with E-state index >= 15 is 0 Å². The Morgan fingerprint density at radius 3 is 2.85 bits per heavy atom. The van der Waals surface area contributed by atoms with E-state index < -0.39 is 5.66 Å². The Balaban J connectivity index is 1.32. The number of anilines is 1. The summed E-state index contributed by atoms with van der Waals surface area (Å²) < 4.78 is 5.30. The van der Waals surface area contributed by atoms with Crippen LogP contribution in [0.4, 0.5) is 5.69 Å². The fourth-order valence-electron chi connectivity index (χ4n) is 5.18. The summed E-state index contributed by atoms with van der Waals surface area (Å²) in [6.07, 6.45) is 5.26. The summed E-state index contributed by atoms with van der Waals surface area (Å²) in [7, 11) is 0. The number of fused-ring (bicyclic) bond motifs is 3. The van der Waals surface area contributed by atoms with Gasteiger partial charge >= 0.3 is 0 Å². The maximum absolute atomic E-state index is 12.8. The molecule has 0 saturated heterocycles. The van der Waals surface area contributed by atoms with Crippen molar-refractivity contribution in [1.82, 2.24) is 10.6 Å². The molecular weight excluding hydrogens is 342 g/mol. The molecule has 3 aliphatic carbocycles. The van der Waals surface area contributed by atoms with Gasteiger partial charge in [0, 0.05) is 17.5 Å².